The Bertz CT molecular complexity index is 830. The number of halogens is 4. The number of hydrogen-bond acceptors (Lipinski definition) is 7. The van der Waals surface area contributed by atoms with Crippen LogP contribution in [0.5, 0.6) is 5.75 Å². The lowest BCUT2D eigenvalue weighted by Crippen LogP contribution is -2.52. The number of benzene rings is 1. The van der Waals surface area contributed by atoms with Crippen molar-refractivity contribution >= 4 is 15.7 Å². The van der Waals surface area contributed by atoms with Crippen LogP contribution in [0.1, 0.15) is 12.8 Å². The standard InChI is InChI=1S/C19H27F4N3O5S/c20-18(21)19(22,23)31-16-3-1-15(2-4-16)25-7-9-26(10-8-25)32(28,29)13-17(24-27)14-5-11-30-12-6-14/h1-4,14,17-18,24,27H,5-13H2/t17-/m0/s1. The second-order valence-electron chi connectivity index (χ2n) is 7.81. The summed E-state index contributed by atoms with van der Waals surface area (Å²) in [5.74, 6) is -0.614. The van der Waals surface area contributed by atoms with Crippen LogP contribution in [0, 0.1) is 5.92 Å². The van der Waals surface area contributed by atoms with Gasteiger partial charge in [0.2, 0.25) is 10.0 Å². The average Bonchev–Trinajstić information content (AvgIpc) is 2.78. The molecule has 32 heavy (non-hydrogen) atoms. The lowest BCUT2D eigenvalue weighted by atomic mass is 9.93. The SMILES string of the molecule is O=S(=O)(C[C@H](NO)C1CCOCC1)N1CCN(c2ccc(OC(F)(F)C(F)F)cc2)CC1. The van der Waals surface area contributed by atoms with E-state index >= 15 is 0 Å². The first-order valence-electron chi connectivity index (χ1n) is 10.3. The van der Waals surface area contributed by atoms with Gasteiger partial charge < -0.3 is 19.6 Å². The Kier molecular flexibility index (Phi) is 8.20. The van der Waals surface area contributed by atoms with Gasteiger partial charge >= 0.3 is 12.5 Å². The van der Waals surface area contributed by atoms with Crippen LogP contribution in [0.3, 0.4) is 0 Å². The Morgan fingerprint density at radius 1 is 1.12 bits per heavy atom. The van der Waals surface area contributed by atoms with Gasteiger partial charge in [0.1, 0.15) is 5.75 Å². The molecule has 13 heteroatoms. The first-order valence-corrected chi connectivity index (χ1v) is 11.9. The second kappa shape index (κ2) is 10.5. The third kappa shape index (κ3) is 6.22. The van der Waals surface area contributed by atoms with Crippen molar-refractivity contribution < 1.29 is 40.7 Å². The fraction of sp³-hybridized carbons (Fsp3) is 0.684. The van der Waals surface area contributed by atoms with E-state index in [1.807, 2.05) is 4.90 Å². The quantitative estimate of drug-likeness (QED) is 0.409. The Labute approximate surface area is 184 Å². The molecule has 0 aromatic heterocycles. The zero-order valence-electron chi connectivity index (χ0n) is 17.3. The minimum Gasteiger partial charge on any atom is -0.428 e. The maximum atomic E-state index is 13.0. The monoisotopic (exact) mass is 485 g/mol. The molecule has 1 aromatic rings. The van der Waals surface area contributed by atoms with E-state index in [0.29, 0.717) is 44.8 Å². The number of hydrogen-bond donors (Lipinski definition) is 2. The van der Waals surface area contributed by atoms with Crippen LogP contribution < -0.4 is 15.1 Å². The number of piperazine rings is 1. The van der Waals surface area contributed by atoms with Gasteiger partial charge in [0.05, 0.1) is 11.8 Å². The highest BCUT2D eigenvalue weighted by atomic mass is 32.2. The Balaban J connectivity index is 1.54. The number of rotatable bonds is 9. The summed E-state index contributed by atoms with van der Waals surface area (Å²) in [5.41, 5.74) is 2.78. The smallest absolute Gasteiger partial charge is 0.428 e. The molecule has 2 fully saturated rings. The molecule has 0 radical (unpaired) electrons. The van der Waals surface area contributed by atoms with Gasteiger partial charge in [0, 0.05) is 45.1 Å². The van der Waals surface area contributed by atoms with Gasteiger partial charge in [-0.1, -0.05) is 0 Å². The van der Waals surface area contributed by atoms with Crippen LogP contribution in [0.25, 0.3) is 0 Å². The highest BCUT2D eigenvalue weighted by Crippen LogP contribution is 2.29. The minimum atomic E-state index is -4.58. The summed E-state index contributed by atoms with van der Waals surface area (Å²) in [4.78, 5) is 1.86. The van der Waals surface area contributed by atoms with Gasteiger partial charge in [0.15, 0.2) is 0 Å². The Morgan fingerprint density at radius 3 is 2.25 bits per heavy atom. The molecule has 2 heterocycles. The number of anilines is 1. The van der Waals surface area contributed by atoms with Gasteiger partial charge in [0.25, 0.3) is 0 Å². The van der Waals surface area contributed by atoms with Crippen LogP contribution in [0.15, 0.2) is 24.3 Å². The summed E-state index contributed by atoms with van der Waals surface area (Å²) in [6, 6.07) is 4.66. The van der Waals surface area contributed by atoms with Crippen molar-refractivity contribution in [3.8, 4) is 5.75 Å². The average molecular weight is 486 g/mol. The van der Waals surface area contributed by atoms with Crippen LogP contribution >= 0.6 is 0 Å². The molecular weight excluding hydrogens is 458 g/mol. The normalized spacial score (nSPS) is 20.5. The number of sulfonamides is 1. The molecule has 3 rings (SSSR count). The van der Waals surface area contributed by atoms with Crippen molar-refractivity contribution in [2.24, 2.45) is 5.92 Å². The molecule has 0 bridgehead atoms. The van der Waals surface area contributed by atoms with Gasteiger partial charge in [-0.25, -0.2) is 13.9 Å². The van der Waals surface area contributed by atoms with Crippen LogP contribution in [0.2, 0.25) is 0 Å². The van der Waals surface area contributed by atoms with Crippen molar-refractivity contribution in [2.75, 3.05) is 50.0 Å². The molecule has 8 nitrogen and oxygen atoms in total. The van der Waals surface area contributed by atoms with E-state index in [0.717, 1.165) is 0 Å². The largest absolute Gasteiger partial charge is 0.461 e. The van der Waals surface area contributed by atoms with Crippen molar-refractivity contribution in [1.29, 1.82) is 0 Å². The molecule has 2 aliphatic heterocycles. The number of nitrogens with zero attached hydrogens (tertiary/aromatic N) is 2. The number of nitrogens with one attached hydrogen (secondary N) is 1. The molecule has 0 amide bonds. The zero-order valence-corrected chi connectivity index (χ0v) is 18.1. The number of ether oxygens (including phenoxy) is 2. The number of hydroxylamine groups is 1. The van der Waals surface area contributed by atoms with Crippen LogP contribution in [0.4, 0.5) is 23.2 Å². The van der Waals surface area contributed by atoms with E-state index in [-0.39, 0.29) is 24.8 Å². The molecule has 2 saturated heterocycles. The van der Waals surface area contributed by atoms with Gasteiger partial charge in [-0.05, 0) is 43.0 Å². The maximum Gasteiger partial charge on any atom is 0.461 e. The molecule has 1 aromatic carbocycles. The summed E-state index contributed by atoms with van der Waals surface area (Å²) in [6.45, 7) is 2.23. The first-order chi connectivity index (χ1) is 15.1. The Morgan fingerprint density at radius 2 is 1.72 bits per heavy atom. The van der Waals surface area contributed by atoms with Gasteiger partial charge in [-0.2, -0.15) is 21.9 Å². The van der Waals surface area contributed by atoms with E-state index in [9.17, 15) is 31.2 Å². The summed E-state index contributed by atoms with van der Waals surface area (Å²) in [5, 5.41) is 9.47. The van der Waals surface area contributed by atoms with E-state index in [4.69, 9.17) is 4.74 Å². The molecule has 1 atom stereocenters. The predicted molar refractivity (Wildman–Crippen MR) is 108 cm³/mol. The third-order valence-electron chi connectivity index (χ3n) is 5.73. The topological polar surface area (TPSA) is 91.3 Å². The van der Waals surface area contributed by atoms with Crippen molar-refractivity contribution in [3.63, 3.8) is 0 Å². The first kappa shape index (κ1) is 25.0. The minimum absolute atomic E-state index is 0.00277. The summed E-state index contributed by atoms with van der Waals surface area (Å²) >= 11 is 0. The Hall–Kier alpha value is -1.67. The summed E-state index contributed by atoms with van der Waals surface area (Å²) in [6.07, 6.45) is -7.17. The highest BCUT2D eigenvalue weighted by Gasteiger charge is 2.44. The predicted octanol–water partition coefficient (Wildman–Crippen LogP) is 2.15. The van der Waals surface area contributed by atoms with Gasteiger partial charge in [-0.15, -0.1) is 0 Å². The summed E-state index contributed by atoms with van der Waals surface area (Å²) in [7, 11) is -3.62. The van der Waals surface area contributed by atoms with Crippen molar-refractivity contribution in [2.45, 2.75) is 31.4 Å². The van der Waals surface area contributed by atoms with E-state index in [1.54, 1.807) is 0 Å². The third-order valence-corrected chi connectivity index (χ3v) is 7.67. The highest BCUT2D eigenvalue weighted by molar-refractivity contribution is 7.89. The lowest BCUT2D eigenvalue weighted by molar-refractivity contribution is -0.253. The second-order valence-corrected chi connectivity index (χ2v) is 9.82. The van der Waals surface area contributed by atoms with Crippen LogP contribution in [-0.2, 0) is 14.8 Å². The molecule has 182 valence electrons. The molecule has 0 unspecified atom stereocenters. The van der Waals surface area contributed by atoms with E-state index in [2.05, 4.69) is 10.2 Å². The molecule has 0 aliphatic carbocycles. The number of alkyl halides is 4. The van der Waals surface area contributed by atoms with E-state index in [1.165, 1.54) is 28.6 Å². The maximum absolute atomic E-state index is 13.0. The molecule has 2 aliphatic rings. The molecular formula is C19H27F4N3O5S. The lowest BCUT2D eigenvalue weighted by Gasteiger charge is -2.37. The molecule has 2 N–H and O–H groups in total. The van der Waals surface area contributed by atoms with Gasteiger partial charge in [-0.3, -0.25) is 0 Å². The van der Waals surface area contributed by atoms with Crippen molar-refractivity contribution in [1.82, 2.24) is 9.79 Å². The van der Waals surface area contributed by atoms with Crippen LogP contribution in [-0.4, -0.2) is 81.7 Å². The fourth-order valence-corrected chi connectivity index (χ4v) is 5.61. The molecule has 0 saturated carbocycles. The van der Waals surface area contributed by atoms with Crippen molar-refractivity contribution in [3.05, 3.63) is 24.3 Å². The van der Waals surface area contributed by atoms with E-state index < -0.39 is 34.3 Å². The molecule has 0 spiro atoms. The zero-order chi connectivity index (χ0) is 23.4. The summed E-state index contributed by atoms with van der Waals surface area (Å²) < 4.78 is 86.9. The fourth-order valence-electron chi connectivity index (χ4n) is 3.88.